The van der Waals surface area contributed by atoms with E-state index in [0.717, 1.165) is 17.6 Å². The molecule has 0 heterocycles. The second-order valence-electron chi connectivity index (χ2n) is 10.1. The summed E-state index contributed by atoms with van der Waals surface area (Å²) in [7, 11) is 0. The van der Waals surface area contributed by atoms with Crippen LogP contribution in [-0.2, 0) is 19.1 Å². The number of rotatable bonds is 6. The molecule has 32 heavy (non-hydrogen) atoms. The summed E-state index contributed by atoms with van der Waals surface area (Å²) >= 11 is 0. The van der Waals surface area contributed by atoms with Crippen molar-refractivity contribution in [2.24, 2.45) is 23.2 Å². The normalized spacial score (nSPS) is 40.0. The molecule has 6 atom stereocenters. The number of carbonyl (C=O) groups excluding carboxylic acids is 3. The van der Waals surface area contributed by atoms with E-state index in [1.165, 1.54) is 0 Å². The maximum Gasteiger partial charge on any atom is 0.306 e. The minimum atomic E-state index is -1.87. The van der Waals surface area contributed by atoms with Crippen molar-refractivity contribution in [2.45, 2.75) is 76.9 Å². The van der Waals surface area contributed by atoms with Crippen molar-refractivity contribution < 1.29 is 29.3 Å². The van der Waals surface area contributed by atoms with Crippen molar-refractivity contribution in [3.63, 3.8) is 0 Å². The van der Waals surface area contributed by atoms with Gasteiger partial charge in [0.1, 0.15) is 18.0 Å². The Hall–Kier alpha value is -2.05. The van der Waals surface area contributed by atoms with Gasteiger partial charge < -0.3 is 14.9 Å². The zero-order valence-corrected chi connectivity index (χ0v) is 19.2. The fraction of sp³-hybridized carbons (Fsp3) is 0.654. The highest BCUT2D eigenvalue weighted by Gasteiger charge is 2.76. The molecule has 0 aromatic heterocycles. The topological polar surface area (TPSA) is 101 Å². The molecule has 0 bridgehead atoms. The number of allylic oxidation sites excluding steroid dienone is 6. The number of hydrogen-bond acceptors (Lipinski definition) is 6. The van der Waals surface area contributed by atoms with Crippen LogP contribution in [0, 0.1) is 23.2 Å². The molecule has 4 aliphatic rings. The van der Waals surface area contributed by atoms with Gasteiger partial charge in [0.05, 0.1) is 5.92 Å². The lowest BCUT2D eigenvalue weighted by molar-refractivity contribution is -0.281. The van der Waals surface area contributed by atoms with Gasteiger partial charge in [0.2, 0.25) is 11.4 Å². The summed E-state index contributed by atoms with van der Waals surface area (Å²) in [5.41, 5.74) is -2.87. The molecule has 0 aliphatic heterocycles. The van der Waals surface area contributed by atoms with Gasteiger partial charge in [0.25, 0.3) is 0 Å². The molecule has 4 aliphatic carbocycles. The average Bonchev–Trinajstić information content (AvgIpc) is 3.21. The second-order valence-corrected chi connectivity index (χ2v) is 10.1. The average molecular weight is 443 g/mol. The van der Waals surface area contributed by atoms with Gasteiger partial charge in [-0.2, -0.15) is 0 Å². The lowest BCUT2D eigenvalue weighted by Crippen LogP contribution is -2.78. The smallest absolute Gasteiger partial charge is 0.306 e. The largest absolute Gasteiger partial charge is 0.448 e. The first-order valence-electron chi connectivity index (χ1n) is 11.9. The molecule has 0 aromatic carbocycles. The number of carbonyl (C=O) groups is 3. The third-order valence-electron chi connectivity index (χ3n) is 8.67. The van der Waals surface area contributed by atoms with Crippen LogP contribution in [0.1, 0.15) is 65.7 Å². The minimum Gasteiger partial charge on any atom is -0.448 e. The van der Waals surface area contributed by atoms with Crippen LogP contribution in [0.15, 0.2) is 35.5 Å². The number of ketones is 2. The predicted molar refractivity (Wildman–Crippen MR) is 118 cm³/mol. The fourth-order valence-corrected chi connectivity index (χ4v) is 7.01. The van der Waals surface area contributed by atoms with E-state index in [1.807, 2.05) is 45.1 Å². The standard InChI is InChI=1S/C26H34O6/c1-4-5-11-22(30)32-25(21(29)15-27)12-7-9-18-14-20(28)23-19-10-6-8-17(19)13-16(2)24(23,3)26(18,25)31/h6,8,10,13,16,18,23,27,31H,4-5,7,9,11-12,14-15H2,1-3H3/t16-,18?,23?,24-,25-,26-/m0/s1. The highest BCUT2D eigenvalue weighted by atomic mass is 16.6. The number of aliphatic hydroxyl groups is 2. The Labute approximate surface area is 189 Å². The molecule has 6 heteroatoms. The Morgan fingerprint density at radius 1 is 1.31 bits per heavy atom. The van der Waals surface area contributed by atoms with Gasteiger partial charge in [0.15, 0.2) is 0 Å². The fourth-order valence-electron chi connectivity index (χ4n) is 7.01. The van der Waals surface area contributed by atoms with Gasteiger partial charge in [0, 0.05) is 18.3 Å². The van der Waals surface area contributed by atoms with Crippen LogP contribution in [-0.4, -0.2) is 45.6 Å². The van der Waals surface area contributed by atoms with E-state index in [-0.39, 0.29) is 31.0 Å². The number of esters is 1. The molecule has 2 saturated carbocycles. The van der Waals surface area contributed by atoms with Crippen LogP contribution >= 0.6 is 0 Å². The molecule has 6 nitrogen and oxygen atoms in total. The monoisotopic (exact) mass is 442 g/mol. The first-order valence-corrected chi connectivity index (χ1v) is 11.9. The Morgan fingerprint density at radius 3 is 2.75 bits per heavy atom. The summed E-state index contributed by atoms with van der Waals surface area (Å²) in [6.45, 7) is 4.95. The van der Waals surface area contributed by atoms with Gasteiger partial charge in [-0.05, 0) is 48.7 Å². The molecule has 2 fully saturated rings. The van der Waals surface area contributed by atoms with Crippen molar-refractivity contribution in [1.29, 1.82) is 0 Å². The lowest BCUT2D eigenvalue weighted by Gasteiger charge is -2.66. The zero-order valence-electron chi connectivity index (χ0n) is 19.2. The van der Waals surface area contributed by atoms with Crippen LogP contribution in [0.25, 0.3) is 0 Å². The number of ether oxygens (including phenoxy) is 1. The van der Waals surface area contributed by atoms with Crippen molar-refractivity contribution in [1.82, 2.24) is 0 Å². The molecular formula is C26H34O6. The number of hydrogen-bond donors (Lipinski definition) is 2. The zero-order chi connectivity index (χ0) is 23.3. The summed E-state index contributed by atoms with van der Waals surface area (Å²) in [6, 6.07) is 0. The van der Waals surface area contributed by atoms with E-state index < -0.39 is 46.8 Å². The maximum atomic E-state index is 13.5. The van der Waals surface area contributed by atoms with Crippen LogP contribution in [0.2, 0.25) is 0 Å². The quantitative estimate of drug-likeness (QED) is 0.613. The highest BCUT2D eigenvalue weighted by molar-refractivity contribution is 5.95. The van der Waals surface area contributed by atoms with Crippen molar-refractivity contribution in [3.05, 3.63) is 35.5 Å². The molecule has 0 radical (unpaired) electrons. The van der Waals surface area contributed by atoms with Crippen LogP contribution in [0.4, 0.5) is 0 Å². The minimum absolute atomic E-state index is 0.0548. The molecule has 4 rings (SSSR count). The number of aliphatic hydroxyl groups excluding tert-OH is 1. The molecule has 0 saturated heterocycles. The van der Waals surface area contributed by atoms with Gasteiger partial charge in [-0.25, -0.2) is 0 Å². The Bertz CT molecular complexity index is 929. The highest BCUT2D eigenvalue weighted by Crippen LogP contribution is 2.66. The van der Waals surface area contributed by atoms with E-state index in [2.05, 4.69) is 0 Å². The van der Waals surface area contributed by atoms with Gasteiger partial charge in [-0.1, -0.05) is 51.5 Å². The number of Topliss-reactive ketones (excluding diaryl/α,β-unsaturated/α-hetero) is 2. The molecule has 0 spiro atoms. The summed E-state index contributed by atoms with van der Waals surface area (Å²) in [5.74, 6) is -2.54. The van der Waals surface area contributed by atoms with Crippen LogP contribution in [0.3, 0.4) is 0 Å². The Morgan fingerprint density at radius 2 is 2.06 bits per heavy atom. The van der Waals surface area contributed by atoms with E-state index >= 15 is 0 Å². The van der Waals surface area contributed by atoms with Gasteiger partial charge >= 0.3 is 5.97 Å². The first kappa shape index (κ1) is 23.1. The second kappa shape index (κ2) is 8.07. The van der Waals surface area contributed by atoms with Gasteiger partial charge in [-0.15, -0.1) is 0 Å². The van der Waals surface area contributed by atoms with E-state index in [9.17, 15) is 24.6 Å². The van der Waals surface area contributed by atoms with Crippen molar-refractivity contribution >= 4 is 17.5 Å². The molecular weight excluding hydrogens is 408 g/mol. The SMILES string of the molecule is CCCCC(=O)O[C@]1(C(=O)CO)CCCC2CC(=O)C3C4=CC=CC4=C[C@H](C)[C@]3(C)[C@@]21O. The Balaban J connectivity index is 1.91. The van der Waals surface area contributed by atoms with Crippen molar-refractivity contribution in [2.75, 3.05) is 6.61 Å². The summed E-state index contributed by atoms with van der Waals surface area (Å²) in [4.78, 5) is 39.7. The molecule has 0 amide bonds. The first-order chi connectivity index (χ1) is 15.2. The predicted octanol–water partition coefficient (Wildman–Crippen LogP) is 3.22. The maximum absolute atomic E-state index is 13.5. The number of fused-ring (bicyclic) bond motifs is 5. The lowest BCUT2D eigenvalue weighted by atomic mass is 9.40. The summed E-state index contributed by atoms with van der Waals surface area (Å²) in [6.07, 6.45) is 10.8. The van der Waals surface area contributed by atoms with Gasteiger partial charge in [-0.3, -0.25) is 14.4 Å². The Kier molecular flexibility index (Phi) is 5.83. The van der Waals surface area contributed by atoms with Crippen LogP contribution in [0.5, 0.6) is 0 Å². The van der Waals surface area contributed by atoms with E-state index in [4.69, 9.17) is 4.74 Å². The molecule has 0 aromatic rings. The molecule has 174 valence electrons. The number of unbranched alkanes of at least 4 members (excludes halogenated alkanes) is 1. The summed E-state index contributed by atoms with van der Waals surface area (Å²) < 4.78 is 5.95. The van der Waals surface area contributed by atoms with E-state index in [1.54, 1.807) is 0 Å². The molecule has 2 unspecified atom stereocenters. The van der Waals surface area contributed by atoms with Crippen molar-refractivity contribution in [3.8, 4) is 0 Å². The molecule has 2 N–H and O–H groups in total. The van der Waals surface area contributed by atoms with Crippen LogP contribution < -0.4 is 0 Å². The van der Waals surface area contributed by atoms with E-state index in [0.29, 0.717) is 19.3 Å². The summed E-state index contributed by atoms with van der Waals surface area (Å²) in [5, 5.41) is 22.6. The third kappa shape index (κ3) is 2.88. The third-order valence-corrected chi connectivity index (χ3v) is 8.67.